The van der Waals surface area contributed by atoms with Crippen molar-refractivity contribution in [2.45, 2.75) is 24.5 Å². The molecular formula is C17H18N4O3S3. The normalized spacial score (nSPS) is 11.5. The summed E-state index contributed by atoms with van der Waals surface area (Å²) in [6.07, 6.45) is 0.799. The molecule has 7 nitrogen and oxygen atoms in total. The molecule has 1 amide bonds. The highest BCUT2D eigenvalue weighted by molar-refractivity contribution is 7.94. The highest BCUT2D eigenvalue weighted by Crippen LogP contribution is 2.22. The van der Waals surface area contributed by atoms with Crippen molar-refractivity contribution in [3.63, 3.8) is 0 Å². The van der Waals surface area contributed by atoms with Crippen LogP contribution in [0.3, 0.4) is 0 Å². The van der Waals surface area contributed by atoms with Gasteiger partial charge in [0.2, 0.25) is 5.13 Å². The smallest absolute Gasteiger partial charge is 0.271 e. The van der Waals surface area contributed by atoms with Crippen molar-refractivity contribution in [1.82, 2.24) is 10.2 Å². The Morgan fingerprint density at radius 2 is 2.00 bits per heavy atom. The van der Waals surface area contributed by atoms with Gasteiger partial charge in [0.15, 0.2) is 0 Å². The maximum Gasteiger partial charge on any atom is 0.271 e. The predicted octanol–water partition coefficient (Wildman–Crippen LogP) is 3.85. The van der Waals surface area contributed by atoms with E-state index in [4.69, 9.17) is 0 Å². The third-order valence-electron chi connectivity index (χ3n) is 3.41. The Kier molecular flexibility index (Phi) is 5.88. The largest absolute Gasteiger partial charge is 0.296 e. The Hall–Kier alpha value is -2.30. The second kappa shape index (κ2) is 8.15. The molecule has 0 spiro atoms. The van der Waals surface area contributed by atoms with E-state index in [0.717, 1.165) is 22.8 Å². The zero-order chi connectivity index (χ0) is 19.4. The Morgan fingerprint density at radius 3 is 2.70 bits per heavy atom. The average Bonchev–Trinajstić information content (AvgIpc) is 3.26. The summed E-state index contributed by atoms with van der Waals surface area (Å²) in [6, 6.07) is 9.48. The molecule has 3 aromatic rings. The van der Waals surface area contributed by atoms with E-state index in [1.807, 2.05) is 0 Å². The van der Waals surface area contributed by atoms with Crippen LogP contribution in [-0.4, -0.2) is 24.5 Å². The van der Waals surface area contributed by atoms with Crippen LogP contribution in [0, 0.1) is 5.92 Å². The number of carbonyl (C=O) groups is 1. The van der Waals surface area contributed by atoms with E-state index in [1.165, 1.54) is 23.5 Å². The van der Waals surface area contributed by atoms with Crippen molar-refractivity contribution in [3.05, 3.63) is 52.3 Å². The molecule has 0 radical (unpaired) electrons. The van der Waals surface area contributed by atoms with E-state index >= 15 is 0 Å². The minimum absolute atomic E-state index is 0.212. The van der Waals surface area contributed by atoms with E-state index in [2.05, 4.69) is 34.1 Å². The molecule has 27 heavy (non-hydrogen) atoms. The Morgan fingerprint density at radius 1 is 1.19 bits per heavy atom. The highest BCUT2D eigenvalue weighted by Gasteiger charge is 2.16. The number of benzene rings is 1. The second-order valence-electron chi connectivity index (χ2n) is 6.17. The summed E-state index contributed by atoms with van der Waals surface area (Å²) in [5.41, 5.74) is 0.635. The quantitative estimate of drug-likeness (QED) is 0.602. The van der Waals surface area contributed by atoms with Crippen LogP contribution in [0.15, 0.2) is 46.0 Å². The number of amides is 1. The number of nitrogens with one attached hydrogen (secondary N) is 2. The first kappa shape index (κ1) is 19.5. The first-order chi connectivity index (χ1) is 12.8. The molecule has 2 aromatic heterocycles. The van der Waals surface area contributed by atoms with Crippen molar-refractivity contribution in [3.8, 4) is 0 Å². The maximum atomic E-state index is 12.4. The summed E-state index contributed by atoms with van der Waals surface area (Å²) in [5.74, 6) is 0.0778. The summed E-state index contributed by atoms with van der Waals surface area (Å²) >= 11 is 2.46. The van der Waals surface area contributed by atoms with Crippen molar-refractivity contribution < 1.29 is 13.2 Å². The van der Waals surface area contributed by atoms with E-state index < -0.39 is 10.0 Å². The third-order valence-corrected chi connectivity index (χ3v) is 7.05. The molecule has 1 aromatic carbocycles. The maximum absolute atomic E-state index is 12.4. The molecule has 10 heteroatoms. The molecule has 0 bridgehead atoms. The van der Waals surface area contributed by atoms with E-state index in [1.54, 1.807) is 29.6 Å². The molecule has 0 fully saturated rings. The van der Waals surface area contributed by atoms with Gasteiger partial charge in [-0.15, -0.1) is 21.5 Å². The number of aromatic nitrogens is 2. The van der Waals surface area contributed by atoms with Gasteiger partial charge in [0.1, 0.15) is 9.22 Å². The number of hydrogen-bond acceptors (Lipinski definition) is 7. The lowest BCUT2D eigenvalue weighted by Crippen LogP contribution is -2.14. The predicted molar refractivity (Wildman–Crippen MR) is 108 cm³/mol. The SMILES string of the molecule is CC(C)Cc1nnc(NC(=O)c2cccc(NS(=O)(=O)c3cccs3)c2)s1. The molecule has 0 unspecified atom stereocenters. The van der Waals surface area contributed by atoms with Gasteiger partial charge in [-0.05, 0) is 35.6 Å². The van der Waals surface area contributed by atoms with E-state index in [0.29, 0.717) is 22.3 Å². The number of sulfonamides is 1. The Balaban J connectivity index is 1.71. The molecule has 0 atom stereocenters. The van der Waals surface area contributed by atoms with Gasteiger partial charge in [-0.1, -0.05) is 37.3 Å². The van der Waals surface area contributed by atoms with Crippen LogP contribution in [0.5, 0.6) is 0 Å². The summed E-state index contributed by atoms with van der Waals surface area (Å²) < 4.78 is 27.3. The van der Waals surface area contributed by atoms with Gasteiger partial charge >= 0.3 is 0 Å². The zero-order valence-electron chi connectivity index (χ0n) is 14.7. The van der Waals surface area contributed by atoms with Gasteiger partial charge in [-0.2, -0.15) is 0 Å². The van der Waals surface area contributed by atoms with Crippen molar-refractivity contribution in [1.29, 1.82) is 0 Å². The molecule has 0 saturated carbocycles. The Bertz CT molecular complexity index is 1030. The fourth-order valence-corrected chi connectivity index (χ4v) is 5.24. The molecule has 0 aliphatic rings. The molecular weight excluding hydrogens is 404 g/mol. The van der Waals surface area contributed by atoms with Crippen LogP contribution < -0.4 is 10.0 Å². The average molecular weight is 423 g/mol. The minimum atomic E-state index is -3.66. The molecule has 0 saturated heterocycles. The van der Waals surface area contributed by atoms with Crippen molar-refractivity contribution in [2.24, 2.45) is 5.92 Å². The van der Waals surface area contributed by atoms with Crippen LogP contribution in [-0.2, 0) is 16.4 Å². The lowest BCUT2D eigenvalue weighted by atomic mass is 10.1. The van der Waals surface area contributed by atoms with E-state index in [-0.39, 0.29) is 10.1 Å². The van der Waals surface area contributed by atoms with Crippen molar-refractivity contribution >= 4 is 49.4 Å². The number of carbonyl (C=O) groups excluding carboxylic acids is 1. The first-order valence-corrected chi connectivity index (χ1v) is 11.3. The van der Waals surface area contributed by atoms with Crippen LogP contribution in [0.1, 0.15) is 29.2 Å². The standard InChI is InChI=1S/C17H18N4O3S3/c1-11(2)9-14-19-20-17(26-14)18-16(22)12-5-3-6-13(10-12)21-27(23,24)15-7-4-8-25-15/h3-8,10-11,21H,9H2,1-2H3,(H,18,20,22). The molecule has 2 heterocycles. The summed E-state index contributed by atoms with van der Waals surface area (Å²) in [4.78, 5) is 12.4. The lowest BCUT2D eigenvalue weighted by molar-refractivity contribution is 0.102. The second-order valence-corrected chi connectivity index (χ2v) is 10.1. The Labute approximate surface area is 165 Å². The summed E-state index contributed by atoms with van der Waals surface area (Å²) in [6.45, 7) is 4.17. The highest BCUT2D eigenvalue weighted by atomic mass is 32.2. The van der Waals surface area contributed by atoms with E-state index in [9.17, 15) is 13.2 Å². The molecule has 142 valence electrons. The zero-order valence-corrected chi connectivity index (χ0v) is 17.1. The molecule has 3 rings (SSSR count). The topological polar surface area (TPSA) is 101 Å². The monoisotopic (exact) mass is 422 g/mol. The summed E-state index contributed by atoms with van der Waals surface area (Å²) in [7, 11) is -3.66. The first-order valence-electron chi connectivity index (χ1n) is 8.13. The molecule has 2 N–H and O–H groups in total. The van der Waals surface area contributed by atoms with Gasteiger partial charge in [0.25, 0.3) is 15.9 Å². The molecule has 0 aliphatic heterocycles. The van der Waals surface area contributed by atoms with Crippen LogP contribution in [0.2, 0.25) is 0 Å². The summed E-state index contributed by atoms with van der Waals surface area (Å²) in [5, 5.41) is 13.7. The van der Waals surface area contributed by atoms with Gasteiger partial charge < -0.3 is 0 Å². The fraction of sp³-hybridized carbons (Fsp3) is 0.235. The minimum Gasteiger partial charge on any atom is -0.296 e. The van der Waals surface area contributed by atoms with Gasteiger partial charge in [0, 0.05) is 17.7 Å². The van der Waals surface area contributed by atoms with Gasteiger partial charge in [0.05, 0.1) is 0 Å². The fourth-order valence-electron chi connectivity index (χ4n) is 2.25. The van der Waals surface area contributed by atoms with Gasteiger partial charge in [-0.3, -0.25) is 14.8 Å². The van der Waals surface area contributed by atoms with Crippen LogP contribution in [0.4, 0.5) is 10.8 Å². The number of nitrogens with zero attached hydrogens (tertiary/aromatic N) is 2. The van der Waals surface area contributed by atoms with Crippen molar-refractivity contribution in [2.75, 3.05) is 10.0 Å². The van der Waals surface area contributed by atoms with Gasteiger partial charge in [-0.25, -0.2) is 8.42 Å². The molecule has 0 aliphatic carbocycles. The third kappa shape index (κ3) is 5.12. The van der Waals surface area contributed by atoms with Crippen LogP contribution in [0.25, 0.3) is 0 Å². The number of anilines is 2. The number of hydrogen-bond donors (Lipinski definition) is 2. The number of thiophene rings is 1. The lowest BCUT2D eigenvalue weighted by Gasteiger charge is -2.08. The number of rotatable bonds is 7. The van der Waals surface area contributed by atoms with Crippen LogP contribution >= 0.6 is 22.7 Å².